The molecule has 50 heavy (non-hydrogen) atoms. The molecule has 6 N–H and O–H groups in total. The number of nitrogens with one attached hydrogen (secondary N) is 1. The van der Waals surface area contributed by atoms with Crippen molar-refractivity contribution in [3.05, 3.63) is 63.5 Å². The Morgan fingerprint density at radius 3 is 2.42 bits per heavy atom. The fourth-order valence-corrected chi connectivity index (χ4v) is 5.20. The van der Waals surface area contributed by atoms with Crippen molar-refractivity contribution in [2.45, 2.75) is 57.4 Å². The molecule has 1 aromatic heterocycles. The van der Waals surface area contributed by atoms with Gasteiger partial charge in [0.1, 0.15) is 24.0 Å². The topological polar surface area (TPSA) is 236 Å². The summed E-state index contributed by atoms with van der Waals surface area (Å²) in [6.07, 6.45) is -6.24. The number of aromatic hydroxyl groups is 1. The molecule has 3 aromatic rings. The van der Waals surface area contributed by atoms with Crippen LogP contribution in [0.1, 0.15) is 41.8 Å². The van der Waals surface area contributed by atoms with Crippen molar-refractivity contribution in [2.24, 2.45) is 5.73 Å². The van der Waals surface area contributed by atoms with Gasteiger partial charge in [0.25, 0.3) is 5.91 Å². The fourth-order valence-electron chi connectivity index (χ4n) is 5.20. The second-order valence-electron chi connectivity index (χ2n) is 11.6. The number of amides is 2. The van der Waals surface area contributed by atoms with Gasteiger partial charge in [-0.05, 0) is 57.2 Å². The van der Waals surface area contributed by atoms with Crippen molar-refractivity contribution < 1.29 is 62.5 Å². The first kappa shape index (κ1) is 37.6. The van der Waals surface area contributed by atoms with E-state index in [1.54, 1.807) is 32.9 Å². The number of anilines is 1. The number of primary amides is 1. The molecule has 0 spiro atoms. The Bertz CT molecular complexity index is 1830. The molecule has 16 heteroatoms. The van der Waals surface area contributed by atoms with Gasteiger partial charge in [0.15, 0.2) is 23.6 Å². The number of carbonyl (C=O) groups is 3. The molecule has 2 amide bonds. The minimum absolute atomic E-state index is 0.0510. The van der Waals surface area contributed by atoms with E-state index in [9.17, 15) is 29.4 Å². The lowest BCUT2D eigenvalue weighted by Gasteiger charge is -2.47. The van der Waals surface area contributed by atoms with Crippen molar-refractivity contribution in [3.63, 3.8) is 0 Å². The normalized spacial score (nSPS) is 19.6. The third-order valence-electron chi connectivity index (χ3n) is 7.64. The average molecular weight is 699 g/mol. The molecule has 4 atom stereocenters. The molecule has 0 bridgehead atoms. The van der Waals surface area contributed by atoms with Crippen LogP contribution in [0.25, 0.3) is 11.0 Å². The molecule has 268 valence electrons. The highest BCUT2D eigenvalue weighted by Crippen LogP contribution is 2.38. The maximum absolute atomic E-state index is 13.0. The van der Waals surface area contributed by atoms with Gasteiger partial charge < -0.3 is 59.2 Å². The fraction of sp³-hybridized carbons (Fsp3) is 0.412. The summed E-state index contributed by atoms with van der Waals surface area (Å²) in [4.78, 5) is 47.9. The summed E-state index contributed by atoms with van der Waals surface area (Å²) in [5.41, 5.74) is 3.56. The van der Waals surface area contributed by atoms with E-state index in [-0.39, 0.29) is 60.7 Å². The Balaban J connectivity index is 1.43. The molecule has 0 radical (unpaired) electrons. The Morgan fingerprint density at radius 2 is 1.76 bits per heavy atom. The van der Waals surface area contributed by atoms with Gasteiger partial charge in [-0.1, -0.05) is 11.8 Å². The number of nitrogens with two attached hydrogens (primary N) is 1. The Kier molecular flexibility index (Phi) is 12.4. The molecule has 16 nitrogen and oxygen atoms in total. The van der Waals surface area contributed by atoms with Crippen LogP contribution in [0.5, 0.6) is 11.5 Å². The van der Waals surface area contributed by atoms with Crippen LogP contribution in [0, 0.1) is 18.8 Å². The van der Waals surface area contributed by atoms with Crippen LogP contribution in [-0.4, -0.2) is 97.0 Å². The molecule has 1 aliphatic rings. The van der Waals surface area contributed by atoms with Gasteiger partial charge in [-0.2, -0.15) is 0 Å². The van der Waals surface area contributed by atoms with E-state index in [4.69, 9.17) is 43.7 Å². The van der Waals surface area contributed by atoms with Gasteiger partial charge in [-0.25, -0.2) is 9.59 Å². The standard InChI is InChI=1S/C34H38N2O14/c1-18-22(47-32-26(40)28(49-33(35)43)29(44-4)34(2,3)50-32)12-11-21-25(39)24(31(42)48-27(18)21)36-30(41)20-9-7-19(8-10-20)6-5-14-45-16-17-46-15-13-23(37)38/h7-12,26,28-29,32,39-40H,13-17H2,1-4H3,(H2,35,43)(H,36,41)(H,37,38)/t26-,28+,29-,32-/m0/s1. The van der Waals surface area contributed by atoms with Gasteiger partial charge in [0.2, 0.25) is 6.29 Å². The average Bonchev–Trinajstić information content (AvgIpc) is 3.05. The lowest BCUT2D eigenvalue weighted by Crippen LogP contribution is -2.65. The van der Waals surface area contributed by atoms with Gasteiger partial charge in [-0.15, -0.1) is 0 Å². The largest absolute Gasteiger partial charge is 0.505 e. The highest BCUT2D eigenvalue weighted by Gasteiger charge is 2.53. The number of hydrogen-bond acceptors (Lipinski definition) is 13. The van der Waals surface area contributed by atoms with E-state index in [0.29, 0.717) is 5.56 Å². The molecule has 1 saturated heterocycles. The van der Waals surface area contributed by atoms with Crippen molar-refractivity contribution in [1.29, 1.82) is 0 Å². The Labute approximate surface area is 286 Å². The van der Waals surface area contributed by atoms with Gasteiger partial charge in [-0.3, -0.25) is 9.59 Å². The van der Waals surface area contributed by atoms with Crippen LogP contribution in [0.15, 0.2) is 45.6 Å². The first-order chi connectivity index (χ1) is 23.7. The third kappa shape index (κ3) is 9.08. The number of aliphatic hydroxyl groups excluding tert-OH is 1. The van der Waals surface area contributed by atoms with E-state index in [0.717, 1.165) is 0 Å². The summed E-state index contributed by atoms with van der Waals surface area (Å²) in [5.74, 6) is 3.64. The predicted molar refractivity (Wildman–Crippen MR) is 175 cm³/mol. The number of fused-ring (bicyclic) bond motifs is 1. The minimum Gasteiger partial charge on any atom is -0.505 e. The first-order valence-corrected chi connectivity index (χ1v) is 15.3. The number of benzene rings is 2. The summed E-state index contributed by atoms with van der Waals surface area (Å²) in [6.45, 7) is 5.55. The number of rotatable bonds is 13. The SMILES string of the molecule is CO[C@H]1[C@H](OC(N)=O)[C@H](O)[C@@H](Oc2ccc3c(O)c(NC(=O)c4ccc(C#CCOCCOCCC(=O)O)cc4)c(=O)oc3c2C)OC1(C)C. The van der Waals surface area contributed by atoms with Crippen LogP contribution < -0.4 is 21.4 Å². The van der Waals surface area contributed by atoms with E-state index < -0.39 is 65.2 Å². The van der Waals surface area contributed by atoms with Crippen molar-refractivity contribution in [3.8, 4) is 23.3 Å². The third-order valence-corrected chi connectivity index (χ3v) is 7.64. The van der Waals surface area contributed by atoms with E-state index in [1.165, 1.54) is 31.4 Å². The maximum Gasteiger partial charge on any atom is 0.404 e. The van der Waals surface area contributed by atoms with Crippen molar-refractivity contribution in [1.82, 2.24) is 0 Å². The molecule has 2 heterocycles. The molecule has 0 unspecified atom stereocenters. The van der Waals surface area contributed by atoms with Crippen LogP contribution in [0.4, 0.5) is 10.5 Å². The zero-order valence-corrected chi connectivity index (χ0v) is 27.7. The summed E-state index contributed by atoms with van der Waals surface area (Å²) in [6, 6.07) is 9.00. The molecule has 0 aliphatic carbocycles. The zero-order chi connectivity index (χ0) is 36.6. The van der Waals surface area contributed by atoms with Gasteiger partial charge in [0.05, 0.1) is 37.2 Å². The number of aryl methyl sites for hydroxylation is 1. The highest BCUT2D eigenvalue weighted by atomic mass is 16.7. The highest BCUT2D eigenvalue weighted by molar-refractivity contribution is 6.06. The second kappa shape index (κ2) is 16.5. The van der Waals surface area contributed by atoms with Gasteiger partial charge in [0, 0.05) is 23.8 Å². The van der Waals surface area contributed by atoms with Crippen molar-refractivity contribution in [2.75, 3.05) is 38.9 Å². The predicted octanol–water partition coefficient (Wildman–Crippen LogP) is 2.27. The number of hydrogen-bond donors (Lipinski definition) is 5. The molecular formula is C34H38N2O14. The van der Waals surface area contributed by atoms with Crippen LogP contribution in [-0.2, 0) is 28.5 Å². The van der Waals surface area contributed by atoms with Gasteiger partial charge >= 0.3 is 17.7 Å². The first-order valence-electron chi connectivity index (χ1n) is 15.3. The molecule has 1 fully saturated rings. The van der Waals surface area contributed by atoms with Crippen molar-refractivity contribution >= 4 is 34.6 Å². The van der Waals surface area contributed by atoms with E-state index in [1.807, 2.05) is 0 Å². The molecule has 4 rings (SSSR count). The van der Waals surface area contributed by atoms with Crippen LogP contribution in [0.3, 0.4) is 0 Å². The molecule has 0 saturated carbocycles. The number of aliphatic carboxylic acids is 1. The number of ether oxygens (including phenoxy) is 6. The summed E-state index contributed by atoms with van der Waals surface area (Å²) in [5, 5.41) is 33.0. The molecular weight excluding hydrogens is 660 g/mol. The maximum atomic E-state index is 13.0. The van der Waals surface area contributed by atoms with E-state index in [2.05, 4.69) is 17.2 Å². The smallest absolute Gasteiger partial charge is 0.404 e. The Morgan fingerprint density at radius 1 is 1.06 bits per heavy atom. The lowest BCUT2D eigenvalue weighted by molar-refractivity contribution is -0.304. The number of carboxylic acid groups (broad SMARTS) is 1. The zero-order valence-electron chi connectivity index (χ0n) is 27.7. The lowest BCUT2D eigenvalue weighted by atomic mass is 9.89. The van der Waals surface area contributed by atoms with Crippen LogP contribution >= 0.6 is 0 Å². The number of methoxy groups -OCH3 is 1. The quantitative estimate of drug-likeness (QED) is 0.0979. The number of aliphatic hydroxyl groups is 1. The molecule has 1 aliphatic heterocycles. The van der Waals surface area contributed by atoms with Crippen LogP contribution in [0.2, 0.25) is 0 Å². The summed E-state index contributed by atoms with van der Waals surface area (Å²) < 4.78 is 38.3. The minimum atomic E-state index is -1.53. The number of carbonyl (C=O) groups excluding carboxylic acids is 2. The van der Waals surface area contributed by atoms with E-state index >= 15 is 0 Å². The second-order valence-corrected chi connectivity index (χ2v) is 11.6. The summed E-state index contributed by atoms with van der Waals surface area (Å²) >= 11 is 0. The molecule has 2 aromatic carbocycles. The number of carboxylic acids is 1. The Hall–Kier alpha value is -5.18. The monoisotopic (exact) mass is 698 g/mol. The summed E-state index contributed by atoms with van der Waals surface area (Å²) in [7, 11) is 1.36.